The van der Waals surface area contributed by atoms with Gasteiger partial charge in [-0.05, 0) is 25.0 Å². The van der Waals surface area contributed by atoms with Crippen LogP contribution >= 0.6 is 0 Å². The van der Waals surface area contributed by atoms with Gasteiger partial charge in [-0.2, -0.15) is 5.26 Å². The van der Waals surface area contributed by atoms with Crippen molar-refractivity contribution in [3.63, 3.8) is 0 Å². The van der Waals surface area contributed by atoms with E-state index in [4.69, 9.17) is 4.74 Å². The molecule has 0 aromatic heterocycles. The molecule has 1 N–H and O–H groups in total. The van der Waals surface area contributed by atoms with Gasteiger partial charge in [-0.25, -0.2) is 0 Å². The van der Waals surface area contributed by atoms with Crippen molar-refractivity contribution in [2.24, 2.45) is 0 Å². The minimum absolute atomic E-state index is 0.0988. The Hall–Kier alpha value is -1.73. The third-order valence-corrected chi connectivity index (χ3v) is 3.72. The minimum atomic E-state index is 0.0988. The zero-order valence-electron chi connectivity index (χ0n) is 11.3. The molecule has 2 rings (SSSR count). The van der Waals surface area contributed by atoms with Crippen molar-refractivity contribution >= 4 is 5.69 Å². The molecule has 102 valence electrons. The van der Waals surface area contributed by atoms with Gasteiger partial charge in [-0.1, -0.05) is 12.8 Å². The van der Waals surface area contributed by atoms with Crippen molar-refractivity contribution in [1.29, 1.82) is 5.26 Å². The van der Waals surface area contributed by atoms with Crippen LogP contribution in [-0.2, 0) is 0 Å². The maximum Gasteiger partial charge on any atom is 0.121 e. The Kier molecular flexibility index (Phi) is 4.64. The monoisotopic (exact) mass is 260 g/mol. The van der Waals surface area contributed by atoms with Crippen LogP contribution < -0.4 is 9.64 Å². The molecule has 4 nitrogen and oxygen atoms in total. The molecule has 0 bridgehead atoms. The summed E-state index contributed by atoms with van der Waals surface area (Å²) >= 11 is 0. The van der Waals surface area contributed by atoms with Gasteiger partial charge in [0, 0.05) is 12.6 Å². The van der Waals surface area contributed by atoms with Crippen LogP contribution in [0.3, 0.4) is 0 Å². The smallest absolute Gasteiger partial charge is 0.121 e. The van der Waals surface area contributed by atoms with Crippen molar-refractivity contribution in [1.82, 2.24) is 0 Å². The van der Waals surface area contributed by atoms with E-state index in [-0.39, 0.29) is 12.6 Å². The lowest BCUT2D eigenvalue weighted by atomic mass is 10.1. The maximum atomic E-state index is 9.58. The van der Waals surface area contributed by atoms with Crippen LogP contribution in [0.5, 0.6) is 5.75 Å². The molecule has 1 aromatic rings. The molecule has 0 spiro atoms. The summed E-state index contributed by atoms with van der Waals surface area (Å²) in [5.41, 5.74) is 1.52. The summed E-state index contributed by atoms with van der Waals surface area (Å²) in [6.45, 7) is 1.01. The summed E-state index contributed by atoms with van der Waals surface area (Å²) < 4.78 is 5.25. The number of rotatable bonds is 3. The lowest BCUT2D eigenvalue weighted by Gasteiger charge is -2.31. The van der Waals surface area contributed by atoms with Crippen molar-refractivity contribution in [2.75, 3.05) is 25.2 Å². The van der Waals surface area contributed by atoms with Crippen molar-refractivity contribution in [3.8, 4) is 11.8 Å². The molecule has 0 radical (unpaired) electrons. The van der Waals surface area contributed by atoms with E-state index in [2.05, 4.69) is 11.0 Å². The molecule has 1 unspecified atom stereocenters. The molecule has 1 atom stereocenters. The van der Waals surface area contributed by atoms with Crippen LogP contribution in [0.15, 0.2) is 18.2 Å². The van der Waals surface area contributed by atoms with E-state index in [1.165, 1.54) is 6.42 Å². The number of hydrogen-bond acceptors (Lipinski definition) is 4. The summed E-state index contributed by atoms with van der Waals surface area (Å²) in [4.78, 5) is 2.16. The number of nitrogens with zero attached hydrogens (tertiary/aromatic N) is 2. The molecule has 0 amide bonds. The molecule has 1 aliphatic rings. The van der Waals surface area contributed by atoms with Crippen LogP contribution in [0.1, 0.15) is 31.2 Å². The Morgan fingerprint density at radius 2 is 2.26 bits per heavy atom. The van der Waals surface area contributed by atoms with Gasteiger partial charge in [-0.3, -0.25) is 0 Å². The Morgan fingerprint density at radius 1 is 1.42 bits per heavy atom. The Labute approximate surface area is 114 Å². The van der Waals surface area contributed by atoms with Gasteiger partial charge in [0.25, 0.3) is 0 Å². The highest BCUT2D eigenvalue weighted by atomic mass is 16.5. The number of methoxy groups -OCH3 is 1. The molecule has 1 saturated heterocycles. The molecule has 1 aliphatic heterocycles. The molecule has 1 heterocycles. The Bertz CT molecular complexity index is 468. The second kappa shape index (κ2) is 6.44. The average molecular weight is 260 g/mol. The van der Waals surface area contributed by atoms with Gasteiger partial charge in [0.15, 0.2) is 0 Å². The SMILES string of the molecule is COc1ccc(C#N)c(N2CCCCCC2CO)c1. The van der Waals surface area contributed by atoms with E-state index in [9.17, 15) is 10.4 Å². The topological polar surface area (TPSA) is 56.5 Å². The van der Waals surface area contributed by atoms with Crippen LogP contribution in [0.25, 0.3) is 0 Å². The molecule has 1 aromatic carbocycles. The third kappa shape index (κ3) is 2.99. The first kappa shape index (κ1) is 13.7. The van der Waals surface area contributed by atoms with E-state index in [0.717, 1.165) is 37.2 Å². The normalized spacial score (nSPS) is 19.6. The summed E-state index contributed by atoms with van der Waals surface area (Å²) in [6, 6.07) is 7.81. The van der Waals surface area contributed by atoms with Gasteiger partial charge >= 0.3 is 0 Å². The molecular weight excluding hydrogens is 240 g/mol. The summed E-state index contributed by atoms with van der Waals surface area (Å²) in [5, 5.41) is 18.8. The molecule has 4 heteroatoms. The van der Waals surface area contributed by atoms with Gasteiger partial charge < -0.3 is 14.7 Å². The number of ether oxygens (including phenoxy) is 1. The number of aliphatic hydroxyl groups is 1. The zero-order valence-corrected chi connectivity index (χ0v) is 11.3. The van der Waals surface area contributed by atoms with Crippen LogP contribution in [0.4, 0.5) is 5.69 Å². The van der Waals surface area contributed by atoms with Gasteiger partial charge in [0.1, 0.15) is 11.8 Å². The van der Waals surface area contributed by atoms with Gasteiger partial charge in [-0.15, -0.1) is 0 Å². The third-order valence-electron chi connectivity index (χ3n) is 3.72. The number of benzene rings is 1. The largest absolute Gasteiger partial charge is 0.497 e. The fourth-order valence-electron chi connectivity index (χ4n) is 2.65. The quantitative estimate of drug-likeness (QED) is 0.906. The van der Waals surface area contributed by atoms with Gasteiger partial charge in [0.2, 0.25) is 0 Å². The van der Waals surface area contributed by atoms with E-state index in [0.29, 0.717) is 5.56 Å². The van der Waals surface area contributed by atoms with Crippen LogP contribution in [0.2, 0.25) is 0 Å². The standard InChI is InChI=1S/C15H20N2O2/c1-19-14-7-6-12(10-16)15(9-14)17-8-4-2-3-5-13(17)11-18/h6-7,9,13,18H,2-5,8,11H2,1H3. The lowest BCUT2D eigenvalue weighted by molar-refractivity contribution is 0.255. The van der Waals surface area contributed by atoms with E-state index in [1.54, 1.807) is 19.2 Å². The first-order chi connectivity index (χ1) is 9.30. The predicted molar refractivity (Wildman–Crippen MR) is 74.4 cm³/mol. The highest BCUT2D eigenvalue weighted by molar-refractivity contribution is 5.62. The first-order valence-electron chi connectivity index (χ1n) is 6.75. The average Bonchev–Trinajstić information content (AvgIpc) is 2.71. The van der Waals surface area contributed by atoms with Crippen LogP contribution in [-0.4, -0.2) is 31.4 Å². The first-order valence-corrected chi connectivity index (χ1v) is 6.75. The Morgan fingerprint density at radius 3 is 2.95 bits per heavy atom. The van der Waals surface area contributed by atoms with E-state index >= 15 is 0 Å². The highest BCUT2D eigenvalue weighted by Gasteiger charge is 2.23. The number of anilines is 1. The Balaban J connectivity index is 2.39. The zero-order chi connectivity index (χ0) is 13.7. The maximum absolute atomic E-state index is 9.58. The van der Waals surface area contributed by atoms with Crippen molar-refractivity contribution in [2.45, 2.75) is 31.7 Å². The van der Waals surface area contributed by atoms with Crippen molar-refractivity contribution in [3.05, 3.63) is 23.8 Å². The fraction of sp³-hybridized carbons (Fsp3) is 0.533. The highest BCUT2D eigenvalue weighted by Crippen LogP contribution is 2.30. The molecular formula is C15H20N2O2. The predicted octanol–water partition coefficient (Wildman–Crippen LogP) is 2.31. The summed E-state index contributed by atoms with van der Waals surface area (Å²) in [6.07, 6.45) is 4.38. The summed E-state index contributed by atoms with van der Waals surface area (Å²) in [5.74, 6) is 0.745. The number of nitriles is 1. The van der Waals surface area contributed by atoms with E-state index in [1.807, 2.05) is 6.07 Å². The molecule has 1 fully saturated rings. The van der Waals surface area contributed by atoms with E-state index < -0.39 is 0 Å². The lowest BCUT2D eigenvalue weighted by Crippen LogP contribution is -2.38. The molecule has 19 heavy (non-hydrogen) atoms. The minimum Gasteiger partial charge on any atom is -0.497 e. The second-order valence-electron chi connectivity index (χ2n) is 4.87. The number of aliphatic hydroxyl groups excluding tert-OH is 1. The second-order valence-corrected chi connectivity index (χ2v) is 4.87. The number of hydrogen-bond donors (Lipinski definition) is 1. The molecule has 0 aliphatic carbocycles. The van der Waals surface area contributed by atoms with Gasteiger partial charge in [0.05, 0.1) is 31.0 Å². The van der Waals surface area contributed by atoms with Crippen LogP contribution in [0, 0.1) is 11.3 Å². The fourth-order valence-corrected chi connectivity index (χ4v) is 2.65. The molecule has 0 saturated carbocycles. The van der Waals surface area contributed by atoms with Crippen molar-refractivity contribution < 1.29 is 9.84 Å². The summed E-state index contributed by atoms with van der Waals surface area (Å²) in [7, 11) is 1.62.